The normalized spacial score (nSPS) is 9.72. The third-order valence-electron chi connectivity index (χ3n) is 2.07. The molecule has 0 saturated heterocycles. The van der Waals surface area contributed by atoms with Crippen molar-refractivity contribution in [2.24, 2.45) is 0 Å². The SMILES string of the molecule is CCNC(=O)Nc1ccc(C(=O)OCC)cc1Br. The van der Waals surface area contributed by atoms with Gasteiger partial charge in [-0.1, -0.05) is 0 Å². The number of esters is 1. The van der Waals surface area contributed by atoms with Gasteiger partial charge in [0.1, 0.15) is 0 Å². The first-order chi connectivity index (χ1) is 8.58. The molecule has 0 aliphatic heterocycles. The minimum absolute atomic E-state index is 0.290. The quantitative estimate of drug-likeness (QED) is 0.840. The Kier molecular flexibility index (Phi) is 5.64. The highest BCUT2D eigenvalue weighted by Gasteiger charge is 2.10. The highest BCUT2D eigenvalue weighted by Crippen LogP contribution is 2.24. The summed E-state index contributed by atoms with van der Waals surface area (Å²) in [4.78, 5) is 22.8. The van der Waals surface area contributed by atoms with Crippen molar-refractivity contribution in [3.8, 4) is 0 Å². The molecule has 0 radical (unpaired) electrons. The standard InChI is InChI=1S/C12H15BrN2O3/c1-3-14-12(17)15-10-6-5-8(7-9(10)13)11(16)18-4-2/h5-7H,3-4H2,1-2H3,(H2,14,15,17). The van der Waals surface area contributed by atoms with Gasteiger partial charge in [0.2, 0.25) is 0 Å². The van der Waals surface area contributed by atoms with Crippen molar-refractivity contribution in [2.45, 2.75) is 13.8 Å². The molecule has 2 N–H and O–H groups in total. The van der Waals surface area contributed by atoms with Gasteiger partial charge in [0.05, 0.1) is 17.9 Å². The van der Waals surface area contributed by atoms with Crippen molar-refractivity contribution < 1.29 is 14.3 Å². The molecule has 0 bridgehead atoms. The van der Waals surface area contributed by atoms with Gasteiger partial charge < -0.3 is 15.4 Å². The van der Waals surface area contributed by atoms with E-state index in [2.05, 4.69) is 26.6 Å². The van der Waals surface area contributed by atoms with Crippen LogP contribution in [0.25, 0.3) is 0 Å². The molecular formula is C12H15BrN2O3. The molecule has 1 rings (SSSR count). The van der Waals surface area contributed by atoms with E-state index in [0.717, 1.165) is 0 Å². The fourth-order valence-electron chi connectivity index (χ4n) is 1.28. The zero-order valence-corrected chi connectivity index (χ0v) is 11.8. The molecule has 0 atom stereocenters. The van der Waals surface area contributed by atoms with E-state index in [1.165, 1.54) is 0 Å². The molecule has 0 spiro atoms. The van der Waals surface area contributed by atoms with E-state index in [1.807, 2.05) is 6.92 Å². The number of hydrogen-bond donors (Lipinski definition) is 2. The summed E-state index contributed by atoms with van der Waals surface area (Å²) in [7, 11) is 0. The van der Waals surface area contributed by atoms with Gasteiger partial charge in [0.25, 0.3) is 0 Å². The van der Waals surface area contributed by atoms with Gasteiger partial charge >= 0.3 is 12.0 Å². The average Bonchev–Trinajstić information content (AvgIpc) is 2.32. The molecule has 0 saturated carbocycles. The summed E-state index contributed by atoms with van der Waals surface area (Å²) in [5.74, 6) is -0.386. The Labute approximate surface area is 114 Å². The van der Waals surface area contributed by atoms with Crippen molar-refractivity contribution in [3.63, 3.8) is 0 Å². The number of carbonyl (C=O) groups is 2. The molecule has 0 aliphatic carbocycles. The Morgan fingerprint density at radius 2 is 2.06 bits per heavy atom. The summed E-state index contributed by atoms with van der Waals surface area (Å²) >= 11 is 3.30. The van der Waals surface area contributed by atoms with E-state index < -0.39 is 0 Å². The van der Waals surface area contributed by atoms with Gasteiger partial charge in [0.15, 0.2) is 0 Å². The van der Waals surface area contributed by atoms with Crippen LogP contribution in [0.5, 0.6) is 0 Å². The lowest BCUT2D eigenvalue weighted by Crippen LogP contribution is -2.28. The van der Waals surface area contributed by atoms with E-state index in [0.29, 0.717) is 28.9 Å². The summed E-state index contributed by atoms with van der Waals surface area (Å²) in [5.41, 5.74) is 1.03. The van der Waals surface area contributed by atoms with Gasteiger partial charge in [-0.25, -0.2) is 9.59 Å². The zero-order valence-electron chi connectivity index (χ0n) is 10.2. The van der Waals surface area contributed by atoms with Crippen LogP contribution in [0.2, 0.25) is 0 Å². The van der Waals surface area contributed by atoms with Gasteiger partial charge in [-0.05, 0) is 48.0 Å². The summed E-state index contributed by atoms with van der Waals surface area (Å²) < 4.78 is 5.51. The van der Waals surface area contributed by atoms with Crippen LogP contribution < -0.4 is 10.6 Å². The van der Waals surface area contributed by atoms with E-state index in [1.54, 1.807) is 25.1 Å². The monoisotopic (exact) mass is 314 g/mol. The number of halogens is 1. The zero-order chi connectivity index (χ0) is 13.5. The number of hydrogen-bond acceptors (Lipinski definition) is 3. The number of benzene rings is 1. The number of rotatable bonds is 4. The second kappa shape index (κ2) is 7.00. The number of nitrogens with one attached hydrogen (secondary N) is 2. The second-order valence-corrected chi connectivity index (χ2v) is 4.25. The first-order valence-corrected chi connectivity index (χ1v) is 6.39. The molecule has 98 valence electrons. The molecule has 6 heteroatoms. The third-order valence-corrected chi connectivity index (χ3v) is 2.72. The van der Waals surface area contributed by atoms with Crippen molar-refractivity contribution in [1.82, 2.24) is 5.32 Å². The maximum Gasteiger partial charge on any atom is 0.338 e. The van der Waals surface area contributed by atoms with Crippen molar-refractivity contribution in [2.75, 3.05) is 18.5 Å². The summed E-state index contributed by atoms with van der Waals surface area (Å²) in [6.07, 6.45) is 0. The number of carbonyl (C=O) groups excluding carboxylic acids is 2. The maximum absolute atomic E-state index is 11.5. The highest BCUT2D eigenvalue weighted by molar-refractivity contribution is 9.10. The maximum atomic E-state index is 11.5. The summed E-state index contributed by atoms with van der Waals surface area (Å²) in [5, 5.41) is 5.28. The molecule has 0 aromatic heterocycles. The highest BCUT2D eigenvalue weighted by atomic mass is 79.9. The largest absolute Gasteiger partial charge is 0.462 e. The number of amides is 2. The predicted molar refractivity (Wildman–Crippen MR) is 72.8 cm³/mol. The summed E-state index contributed by atoms with van der Waals surface area (Å²) in [6, 6.07) is 4.57. The Hall–Kier alpha value is -1.56. The molecule has 0 fully saturated rings. The lowest BCUT2D eigenvalue weighted by molar-refractivity contribution is 0.0526. The van der Waals surface area contributed by atoms with Crippen LogP contribution in [0, 0.1) is 0 Å². The predicted octanol–water partition coefficient (Wildman–Crippen LogP) is 2.77. The fourth-order valence-corrected chi connectivity index (χ4v) is 1.76. The van der Waals surface area contributed by atoms with Gasteiger partial charge in [-0.3, -0.25) is 0 Å². The first-order valence-electron chi connectivity index (χ1n) is 5.60. The Balaban J connectivity index is 2.79. The van der Waals surface area contributed by atoms with Crippen molar-refractivity contribution >= 4 is 33.6 Å². The van der Waals surface area contributed by atoms with Crippen LogP contribution in [0.4, 0.5) is 10.5 Å². The molecular weight excluding hydrogens is 300 g/mol. The third kappa shape index (κ3) is 4.03. The lowest BCUT2D eigenvalue weighted by Gasteiger charge is -2.09. The molecule has 5 nitrogen and oxygen atoms in total. The number of anilines is 1. The van der Waals surface area contributed by atoms with Crippen molar-refractivity contribution in [1.29, 1.82) is 0 Å². The topological polar surface area (TPSA) is 67.4 Å². The molecule has 0 heterocycles. The average molecular weight is 315 g/mol. The summed E-state index contributed by atoms with van der Waals surface area (Å²) in [6.45, 7) is 4.45. The fraction of sp³-hybridized carbons (Fsp3) is 0.333. The molecule has 0 aliphatic rings. The van der Waals surface area contributed by atoms with Crippen LogP contribution >= 0.6 is 15.9 Å². The van der Waals surface area contributed by atoms with Gasteiger partial charge in [-0.2, -0.15) is 0 Å². The molecule has 1 aromatic rings. The van der Waals surface area contributed by atoms with Crippen LogP contribution in [-0.2, 0) is 4.74 Å². The molecule has 2 amide bonds. The van der Waals surface area contributed by atoms with Gasteiger partial charge in [0, 0.05) is 11.0 Å². The molecule has 1 aromatic carbocycles. The first kappa shape index (κ1) is 14.5. The van der Waals surface area contributed by atoms with Crippen LogP contribution in [-0.4, -0.2) is 25.2 Å². The minimum atomic E-state index is -0.386. The van der Waals surface area contributed by atoms with Crippen LogP contribution in [0.15, 0.2) is 22.7 Å². The molecule has 0 unspecified atom stereocenters. The Bertz CT molecular complexity index is 449. The lowest BCUT2D eigenvalue weighted by atomic mass is 10.2. The van der Waals surface area contributed by atoms with E-state index in [9.17, 15) is 9.59 Å². The smallest absolute Gasteiger partial charge is 0.338 e. The van der Waals surface area contributed by atoms with E-state index >= 15 is 0 Å². The van der Waals surface area contributed by atoms with Crippen molar-refractivity contribution in [3.05, 3.63) is 28.2 Å². The van der Waals surface area contributed by atoms with Gasteiger partial charge in [-0.15, -0.1) is 0 Å². The Morgan fingerprint density at radius 3 is 2.61 bits per heavy atom. The number of urea groups is 1. The van der Waals surface area contributed by atoms with E-state index in [4.69, 9.17) is 4.74 Å². The van der Waals surface area contributed by atoms with Crippen LogP contribution in [0.3, 0.4) is 0 Å². The Morgan fingerprint density at radius 1 is 1.33 bits per heavy atom. The molecule has 18 heavy (non-hydrogen) atoms. The second-order valence-electron chi connectivity index (χ2n) is 3.40. The minimum Gasteiger partial charge on any atom is -0.462 e. The number of ether oxygens (including phenoxy) is 1. The van der Waals surface area contributed by atoms with Crippen LogP contribution in [0.1, 0.15) is 24.2 Å². The van der Waals surface area contributed by atoms with E-state index in [-0.39, 0.29) is 12.0 Å².